The van der Waals surface area contributed by atoms with Crippen molar-refractivity contribution in [1.82, 2.24) is 0 Å². The Hall–Kier alpha value is -5.75. The van der Waals surface area contributed by atoms with E-state index in [4.69, 9.17) is 4.74 Å². The minimum Gasteiger partial charge on any atom is -0.482 e. The number of thiophene rings is 1. The van der Waals surface area contributed by atoms with E-state index in [-0.39, 0.29) is 12.1 Å². The summed E-state index contributed by atoms with van der Waals surface area (Å²) in [5.41, 5.74) is 11.4. The molecule has 0 saturated carbocycles. The zero-order chi connectivity index (χ0) is 37.5. The molecule has 57 heavy (non-hydrogen) atoms. The van der Waals surface area contributed by atoms with Gasteiger partial charge in [-0.05, 0) is 96.6 Å². The SMILES string of the molecule is C1=CC2SC3=C(C2CC1)N(c1ccc(N(C2=CCC(c4ccc(-c5ccccc5)cc4)C=C2)c2ccc4sc5ccccc5c4c2)cc1)C1c2ccccc2O[C@@H]31. The first-order valence-electron chi connectivity index (χ1n) is 20.2. The Bertz CT molecular complexity index is 2810. The molecule has 0 N–H and O–H groups in total. The van der Waals surface area contributed by atoms with Crippen molar-refractivity contribution in [3.05, 3.63) is 203 Å². The molecule has 0 amide bonds. The molecule has 7 aromatic rings. The molecular weight excluding hydrogens is 733 g/mol. The van der Waals surface area contributed by atoms with Crippen LogP contribution < -0.4 is 14.5 Å². The number of para-hydroxylation sites is 1. The van der Waals surface area contributed by atoms with Crippen LogP contribution in [0.2, 0.25) is 0 Å². The van der Waals surface area contributed by atoms with Gasteiger partial charge >= 0.3 is 0 Å². The first kappa shape index (κ1) is 33.4. The second-order valence-electron chi connectivity index (χ2n) is 15.8. The van der Waals surface area contributed by atoms with Gasteiger partial charge in [0, 0.05) is 76.2 Å². The van der Waals surface area contributed by atoms with Gasteiger partial charge in [-0.2, -0.15) is 0 Å². The summed E-state index contributed by atoms with van der Waals surface area (Å²) in [5.74, 6) is 1.87. The molecule has 4 unspecified atom stereocenters. The van der Waals surface area contributed by atoms with Gasteiger partial charge in [-0.25, -0.2) is 0 Å². The Labute approximate surface area is 341 Å². The third-order valence-corrected chi connectivity index (χ3v) is 15.2. The van der Waals surface area contributed by atoms with Gasteiger partial charge in [0.25, 0.3) is 0 Å². The van der Waals surface area contributed by atoms with Crippen LogP contribution in [0.25, 0.3) is 31.3 Å². The first-order valence-corrected chi connectivity index (χ1v) is 21.9. The molecule has 1 aromatic heterocycles. The van der Waals surface area contributed by atoms with E-state index in [9.17, 15) is 0 Å². The third kappa shape index (κ3) is 5.47. The van der Waals surface area contributed by atoms with Crippen molar-refractivity contribution in [2.75, 3.05) is 9.80 Å². The molecule has 2 aliphatic carbocycles. The molecule has 6 aromatic carbocycles. The normalized spacial score (nSPS) is 23.0. The van der Waals surface area contributed by atoms with Crippen LogP contribution in [0.15, 0.2) is 192 Å². The number of hydrogen-bond donors (Lipinski definition) is 0. The molecule has 276 valence electrons. The molecule has 5 aliphatic rings. The highest BCUT2D eigenvalue weighted by atomic mass is 32.2. The van der Waals surface area contributed by atoms with Crippen LogP contribution in [0.5, 0.6) is 5.75 Å². The maximum absolute atomic E-state index is 6.76. The number of benzene rings is 6. The summed E-state index contributed by atoms with van der Waals surface area (Å²) in [6.45, 7) is 0. The van der Waals surface area contributed by atoms with Gasteiger partial charge in [-0.15, -0.1) is 23.1 Å². The minimum absolute atomic E-state index is 0.0461. The molecule has 3 nitrogen and oxygen atoms in total. The zero-order valence-corrected chi connectivity index (χ0v) is 33.0. The van der Waals surface area contributed by atoms with Crippen molar-refractivity contribution < 1.29 is 4.74 Å². The molecule has 5 atom stereocenters. The topological polar surface area (TPSA) is 15.7 Å². The highest BCUT2D eigenvalue weighted by molar-refractivity contribution is 8.04. The maximum atomic E-state index is 6.76. The Morgan fingerprint density at radius 2 is 1.46 bits per heavy atom. The predicted molar refractivity (Wildman–Crippen MR) is 241 cm³/mol. The molecule has 0 radical (unpaired) electrons. The van der Waals surface area contributed by atoms with Crippen LogP contribution in [0.3, 0.4) is 0 Å². The van der Waals surface area contributed by atoms with Crippen LogP contribution in [0.4, 0.5) is 17.1 Å². The van der Waals surface area contributed by atoms with Crippen molar-refractivity contribution in [1.29, 1.82) is 0 Å². The van der Waals surface area contributed by atoms with Gasteiger partial charge in [-0.3, -0.25) is 0 Å². The third-order valence-electron chi connectivity index (χ3n) is 12.6. The Morgan fingerprint density at radius 3 is 2.32 bits per heavy atom. The first-order chi connectivity index (χ1) is 28.2. The lowest BCUT2D eigenvalue weighted by atomic mass is 9.90. The highest BCUT2D eigenvalue weighted by Gasteiger charge is 2.55. The van der Waals surface area contributed by atoms with E-state index in [0.29, 0.717) is 17.1 Å². The molecule has 0 spiro atoms. The lowest BCUT2D eigenvalue weighted by Gasteiger charge is -2.35. The number of thioether (sulfide) groups is 1. The van der Waals surface area contributed by atoms with E-state index in [2.05, 4.69) is 186 Å². The van der Waals surface area contributed by atoms with Crippen LogP contribution in [0.1, 0.15) is 42.3 Å². The van der Waals surface area contributed by atoms with Crippen LogP contribution in [-0.4, -0.2) is 11.4 Å². The summed E-state index contributed by atoms with van der Waals surface area (Å²) in [6, 6.07) is 53.8. The Kier molecular flexibility index (Phi) is 7.87. The van der Waals surface area contributed by atoms with E-state index in [1.807, 2.05) is 23.1 Å². The van der Waals surface area contributed by atoms with Crippen molar-refractivity contribution >= 4 is 60.3 Å². The van der Waals surface area contributed by atoms with Gasteiger partial charge in [0.15, 0.2) is 6.10 Å². The fourth-order valence-electron chi connectivity index (χ4n) is 9.87. The maximum Gasteiger partial charge on any atom is 0.156 e. The van der Waals surface area contributed by atoms with Crippen molar-refractivity contribution in [2.24, 2.45) is 5.92 Å². The summed E-state index contributed by atoms with van der Waals surface area (Å²) in [5, 5.41) is 3.12. The van der Waals surface area contributed by atoms with E-state index < -0.39 is 0 Å². The van der Waals surface area contributed by atoms with Gasteiger partial charge in [0.1, 0.15) is 11.8 Å². The molecule has 0 bridgehead atoms. The lowest BCUT2D eigenvalue weighted by molar-refractivity contribution is 0.262. The molecule has 4 heterocycles. The average molecular weight is 773 g/mol. The second kappa shape index (κ2) is 13.4. The van der Waals surface area contributed by atoms with Gasteiger partial charge in [0.05, 0.1) is 0 Å². The van der Waals surface area contributed by atoms with E-state index in [0.717, 1.165) is 24.3 Å². The number of rotatable bonds is 6. The summed E-state index contributed by atoms with van der Waals surface area (Å²) >= 11 is 3.91. The fourth-order valence-corrected chi connectivity index (χ4v) is 12.6. The number of nitrogens with zero attached hydrogens (tertiary/aromatic N) is 2. The minimum atomic E-state index is 0.0461. The summed E-state index contributed by atoms with van der Waals surface area (Å²) in [7, 11) is 0. The molecule has 12 rings (SSSR count). The number of hydrogen-bond acceptors (Lipinski definition) is 5. The van der Waals surface area contributed by atoms with E-state index >= 15 is 0 Å². The Morgan fingerprint density at radius 1 is 0.684 bits per heavy atom. The number of allylic oxidation sites excluding steroid dienone is 5. The van der Waals surface area contributed by atoms with Crippen LogP contribution >= 0.6 is 23.1 Å². The smallest absolute Gasteiger partial charge is 0.156 e. The number of fused-ring (bicyclic) bond motifs is 9. The van der Waals surface area contributed by atoms with Gasteiger partial charge in [-0.1, -0.05) is 115 Å². The average Bonchev–Trinajstić information content (AvgIpc) is 4.03. The van der Waals surface area contributed by atoms with Gasteiger partial charge in [0.2, 0.25) is 0 Å². The highest BCUT2D eigenvalue weighted by Crippen LogP contribution is 2.62. The molecular formula is C52H40N2OS2. The van der Waals surface area contributed by atoms with Crippen molar-refractivity contribution in [3.8, 4) is 16.9 Å². The number of anilines is 3. The van der Waals surface area contributed by atoms with Crippen LogP contribution in [-0.2, 0) is 0 Å². The second-order valence-corrected chi connectivity index (χ2v) is 18.1. The monoisotopic (exact) mass is 772 g/mol. The van der Waals surface area contributed by atoms with Crippen molar-refractivity contribution in [3.63, 3.8) is 0 Å². The summed E-state index contributed by atoms with van der Waals surface area (Å²) in [6.07, 6.45) is 15.3. The Balaban J connectivity index is 0.914. The molecule has 5 heteroatoms. The van der Waals surface area contributed by atoms with Crippen molar-refractivity contribution in [2.45, 2.75) is 42.6 Å². The van der Waals surface area contributed by atoms with E-state index in [1.54, 1.807) is 0 Å². The molecule has 3 aliphatic heterocycles. The molecule has 0 saturated heterocycles. The zero-order valence-electron chi connectivity index (χ0n) is 31.4. The predicted octanol–water partition coefficient (Wildman–Crippen LogP) is 14.1. The summed E-state index contributed by atoms with van der Waals surface area (Å²) in [4.78, 5) is 6.54. The van der Waals surface area contributed by atoms with Gasteiger partial charge < -0.3 is 14.5 Å². The largest absolute Gasteiger partial charge is 0.482 e. The molecule has 0 fully saturated rings. The quantitative estimate of drug-likeness (QED) is 0.156. The van der Waals surface area contributed by atoms with Crippen LogP contribution in [0, 0.1) is 5.92 Å². The standard InChI is InChI=1S/C52H40N2OS2/c1-2-10-33(11-3-1)34-18-20-35(21-19-34)36-22-24-37(25-23-36)53(40-30-31-48-44(32-40)41-12-5-8-16-46(41)56-48)38-26-28-39(29-27-38)54-49-42-13-4-7-15-45(42)55-51(49)52-50(54)43-14-6-9-17-47(43)57-52/h1-5,7-13,15-22,24-32,36,43,47,49,51H,6,14,23H2/t36?,43?,47?,49?,51-/m1/s1. The fraction of sp³-hybridized carbons (Fsp3) is 0.154. The number of ether oxygens (including phenoxy) is 1. The van der Waals surface area contributed by atoms with E-state index in [1.165, 1.54) is 76.5 Å². The summed E-state index contributed by atoms with van der Waals surface area (Å²) < 4.78 is 9.41. The lowest BCUT2D eigenvalue weighted by Crippen LogP contribution is -2.33.